The van der Waals surface area contributed by atoms with E-state index in [0.29, 0.717) is 0 Å². The summed E-state index contributed by atoms with van der Waals surface area (Å²) in [5.74, 6) is 0. The molecule has 0 amide bonds. The minimum atomic E-state index is -1.42. The second kappa shape index (κ2) is 7.22. The molecule has 2 nitrogen and oxygen atoms in total. The first-order valence-electron chi connectivity index (χ1n) is 7.50. The van der Waals surface area contributed by atoms with Crippen LogP contribution >= 0.6 is 0 Å². The van der Waals surface area contributed by atoms with E-state index in [9.17, 15) is 0 Å². The largest absolute Gasteiger partial charge is 0.456 e. The smallest absolute Gasteiger partial charge is 0.173 e. The van der Waals surface area contributed by atoms with Crippen LogP contribution in [0, 0.1) is 0 Å². The van der Waals surface area contributed by atoms with E-state index in [0.717, 1.165) is 0 Å². The molecule has 0 rings (SSSR count). The van der Waals surface area contributed by atoms with Gasteiger partial charge in [-0.05, 0) is 51.6 Å². The van der Waals surface area contributed by atoms with Gasteiger partial charge in [0.05, 0.1) is 27.2 Å². The van der Waals surface area contributed by atoms with Crippen LogP contribution in [0.1, 0.15) is 26.2 Å². The van der Waals surface area contributed by atoms with Crippen LogP contribution in [0.2, 0.25) is 38.8 Å². The molecular formula is C14H36NOSi2+. The number of quaternary nitrogens is 1. The number of rotatable bonds is 9. The van der Waals surface area contributed by atoms with Crippen LogP contribution in [0.4, 0.5) is 0 Å². The second-order valence-corrected chi connectivity index (χ2v) is 16.9. The van der Waals surface area contributed by atoms with Crippen molar-refractivity contribution in [2.75, 3.05) is 27.2 Å². The lowest BCUT2D eigenvalue weighted by Gasteiger charge is -2.34. The summed E-state index contributed by atoms with van der Waals surface area (Å²) in [6.07, 6.45) is 3.97. The van der Waals surface area contributed by atoms with Gasteiger partial charge in [0.2, 0.25) is 0 Å². The van der Waals surface area contributed by atoms with Crippen molar-refractivity contribution >= 4 is 16.6 Å². The second-order valence-electron chi connectivity index (χ2n) is 7.81. The average Bonchev–Trinajstić information content (AvgIpc) is 2.10. The van der Waals surface area contributed by atoms with Gasteiger partial charge in [0, 0.05) is 0 Å². The molecule has 0 aliphatic rings. The highest BCUT2D eigenvalue weighted by molar-refractivity contribution is 6.84. The Balaban J connectivity index is 4.02. The Morgan fingerprint density at radius 1 is 0.889 bits per heavy atom. The normalized spacial score (nSPS) is 14.0. The maximum absolute atomic E-state index is 6.39. The van der Waals surface area contributed by atoms with Gasteiger partial charge >= 0.3 is 0 Å². The fourth-order valence-corrected chi connectivity index (χ4v) is 10.6. The Labute approximate surface area is 118 Å². The maximum Gasteiger partial charge on any atom is 0.173 e. The molecule has 0 aromatic rings. The summed E-state index contributed by atoms with van der Waals surface area (Å²) >= 11 is 0. The summed E-state index contributed by atoms with van der Waals surface area (Å²) in [6, 6.07) is 1.31. The summed E-state index contributed by atoms with van der Waals surface area (Å²) in [5.41, 5.74) is 0. The standard InChI is InChI=1S/C14H36NOSi2/c1-9-10-12-15(2,3)13-11-14-18(7,8)16-17(4,5)6/h9-14H2,1-8H3/q+1. The molecule has 0 N–H and O–H groups in total. The lowest BCUT2D eigenvalue weighted by Crippen LogP contribution is -2.44. The van der Waals surface area contributed by atoms with Gasteiger partial charge in [0.25, 0.3) is 0 Å². The molecule has 0 spiro atoms. The molecule has 0 saturated heterocycles. The molecule has 0 aromatic heterocycles. The van der Waals surface area contributed by atoms with Crippen molar-refractivity contribution in [3.05, 3.63) is 0 Å². The minimum absolute atomic E-state index is 1.17. The highest BCUT2D eigenvalue weighted by atomic mass is 28.4. The third kappa shape index (κ3) is 10.3. The van der Waals surface area contributed by atoms with E-state index < -0.39 is 16.6 Å². The molecule has 0 heterocycles. The van der Waals surface area contributed by atoms with E-state index in [1.54, 1.807) is 0 Å². The average molecular weight is 291 g/mol. The van der Waals surface area contributed by atoms with Crippen molar-refractivity contribution in [3.63, 3.8) is 0 Å². The van der Waals surface area contributed by atoms with Gasteiger partial charge in [-0.1, -0.05) is 13.3 Å². The van der Waals surface area contributed by atoms with Gasteiger partial charge in [0.15, 0.2) is 16.6 Å². The molecule has 0 bridgehead atoms. The van der Waals surface area contributed by atoms with Crippen LogP contribution in [0.5, 0.6) is 0 Å². The molecule has 0 aliphatic heterocycles. The molecule has 110 valence electrons. The van der Waals surface area contributed by atoms with Gasteiger partial charge in [0.1, 0.15) is 0 Å². The van der Waals surface area contributed by atoms with Gasteiger partial charge < -0.3 is 8.60 Å². The maximum atomic E-state index is 6.39. The molecule has 0 fully saturated rings. The summed E-state index contributed by atoms with van der Waals surface area (Å²) in [7, 11) is 1.96. The highest BCUT2D eigenvalue weighted by Gasteiger charge is 2.29. The van der Waals surface area contributed by atoms with E-state index in [2.05, 4.69) is 53.8 Å². The van der Waals surface area contributed by atoms with E-state index in [1.165, 1.54) is 42.9 Å². The summed E-state index contributed by atoms with van der Waals surface area (Å²) in [6.45, 7) is 16.6. The quantitative estimate of drug-likeness (QED) is 0.454. The summed E-state index contributed by atoms with van der Waals surface area (Å²) < 4.78 is 7.56. The molecule has 4 heteroatoms. The van der Waals surface area contributed by atoms with Gasteiger partial charge in [-0.15, -0.1) is 0 Å². The first kappa shape index (κ1) is 18.4. The zero-order valence-corrected chi connectivity index (χ0v) is 16.1. The lowest BCUT2D eigenvalue weighted by atomic mass is 10.3. The summed E-state index contributed by atoms with van der Waals surface area (Å²) in [4.78, 5) is 0. The van der Waals surface area contributed by atoms with Crippen LogP contribution < -0.4 is 0 Å². The molecule has 18 heavy (non-hydrogen) atoms. The van der Waals surface area contributed by atoms with Crippen LogP contribution in [-0.2, 0) is 4.12 Å². The van der Waals surface area contributed by atoms with Crippen LogP contribution in [0.25, 0.3) is 0 Å². The van der Waals surface area contributed by atoms with Crippen LogP contribution in [-0.4, -0.2) is 48.3 Å². The lowest BCUT2D eigenvalue weighted by molar-refractivity contribution is -0.890. The first-order valence-corrected chi connectivity index (χ1v) is 14.0. The van der Waals surface area contributed by atoms with Crippen molar-refractivity contribution in [2.24, 2.45) is 0 Å². The van der Waals surface area contributed by atoms with Crippen molar-refractivity contribution in [1.29, 1.82) is 0 Å². The third-order valence-electron chi connectivity index (χ3n) is 3.24. The van der Waals surface area contributed by atoms with Crippen molar-refractivity contribution in [2.45, 2.75) is 65.0 Å². The van der Waals surface area contributed by atoms with Crippen molar-refractivity contribution < 1.29 is 8.60 Å². The van der Waals surface area contributed by atoms with E-state index in [4.69, 9.17) is 4.12 Å². The zero-order valence-electron chi connectivity index (χ0n) is 14.1. The molecule has 0 unspecified atom stereocenters. The molecule has 0 aliphatic carbocycles. The van der Waals surface area contributed by atoms with Crippen LogP contribution in [0.3, 0.4) is 0 Å². The highest BCUT2D eigenvalue weighted by Crippen LogP contribution is 2.20. The van der Waals surface area contributed by atoms with Gasteiger partial charge in [-0.25, -0.2) is 0 Å². The third-order valence-corrected chi connectivity index (χ3v) is 9.46. The number of hydrogen-bond acceptors (Lipinski definition) is 1. The fraction of sp³-hybridized carbons (Fsp3) is 1.00. The Morgan fingerprint density at radius 2 is 1.39 bits per heavy atom. The van der Waals surface area contributed by atoms with Crippen LogP contribution in [0.15, 0.2) is 0 Å². The Bertz CT molecular complexity index is 234. The molecule has 0 radical (unpaired) electrons. The van der Waals surface area contributed by atoms with E-state index in [1.807, 2.05) is 0 Å². The number of unbranched alkanes of at least 4 members (excludes halogenated alkanes) is 1. The minimum Gasteiger partial charge on any atom is -0.456 e. The Hall–Kier alpha value is 0.354. The van der Waals surface area contributed by atoms with E-state index in [-0.39, 0.29) is 0 Å². The van der Waals surface area contributed by atoms with Gasteiger partial charge in [-0.2, -0.15) is 0 Å². The zero-order chi connectivity index (χ0) is 14.4. The molecule has 0 atom stereocenters. The molecule has 0 aromatic carbocycles. The predicted molar refractivity (Wildman–Crippen MR) is 88.1 cm³/mol. The topological polar surface area (TPSA) is 9.23 Å². The Morgan fingerprint density at radius 3 is 1.83 bits per heavy atom. The van der Waals surface area contributed by atoms with Crippen molar-refractivity contribution in [3.8, 4) is 0 Å². The SMILES string of the molecule is CCCC[N+](C)(C)CCC[Si](C)(C)O[Si](C)(C)C. The fourth-order valence-electron chi connectivity index (χ4n) is 2.51. The number of hydrogen-bond donors (Lipinski definition) is 0. The van der Waals surface area contributed by atoms with Gasteiger partial charge in [-0.3, -0.25) is 0 Å². The Kier molecular flexibility index (Phi) is 7.36. The van der Waals surface area contributed by atoms with Crippen molar-refractivity contribution in [1.82, 2.24) is 0 Å². The summed E-state index contributed by atoms with van der Waals surface area (Å²) in [5, 5.41) is 0. The monoisotopic (exact) mass is 290 g/mol. The van der Waals surface area contributed by atoms with E-state index >= 15 is 0 Å². The number of nitrogens with zero attached hydrogens (tertiary/aromatic N) is 1. The predicted octanol–water partition coefficient (Wildman–Crippen LogP) is 4.31. The molecular weight excluding hydrogens is 254 g/mol. The molecule has 0 saturated carbocycles. The first-order chi connectivity index (χ1) is 7.97.